The second-order valence-corrected chi connectivity index (χ2v) is 5.65. The number of anilines is 1. The van der Waals surface area contributed by atoms with E-state index < -0.39 is 0 Å². The lowest BCUT2D eigenvalue weighted by Gasteiger charge is -2.18. The Morgan fingerprint density at radius 2 is 1.88 bits per heavy atom. The molecule has 0 amide bonds. The van der Waals surface area contributed by atoms with E-state index in [1.165, 1.54) is 11.1 Å². The van der Waals surface area contributed by atoms with Crippen molar-refractivity contribution in [3.8, 4) is 0 Å². The van der Waals surface area contributed by atoms with E-state index in [4.69, 9.17) is 12.2 Å². The van der Waals surface area contributed by atoms with E-state index in [1.807, 2.05) is 0 Å². The van der Waals surface area contributed by atoms with Gasteiger partial charge >= 0.3 is 0 Å². The normalized spacial score (nSPS) is 12.1. The van der Waals surface area contributed by atoms with Crippen LogP contribution in [0.3, 0.4) is 0 Å². The fourth-order valence-corrected chi connectivity index (χ4v) is 2.57. The summed E-state index contributed by atoms with van der Waals surface area (Å²) in [7, 11) is 0. The third-order valence-corrected chi connectivity index (χ3v) is 3.40. The zero-order chi connectivity index (χ0) is 13.0. The lowest BCUT2D eigenvalue weighted by atomic mass is 10.1. The number of aryl methyl sites for hydroxylation is 2. The minimum absolute atomic E-state index is 0.395. The Hall–Kier alpha value is -0.610. The molecule has 2 N–H and O–H groups in total. The summed E-state index contributed by atoms with van der Waals surface area (Å²) >= 11 is 8.79. The summed E-state index contributed by atoms with van der Waals surface area (Å²) in [6.07, 6.45) is 1.06. The van der Waals surface area contributed by atoms with Crippen molar-refractivity contribution in [2.45, 2.75) is 40.2 Å². The minimum atomic E-state index is 0.395. The highest BCUT2D eigenvalue weighted by Gasteiger charge is 2.07. The van der Waals surface area contributed by atoms with Gasteiger partial charge in [0.25, 0.3) is 0 Å². The van der Waals surface area contributed by atoms with E-state index in [1.54, 1.807) is 0 Å². The molecule has 0 aliphatic rings. The second-order valence-electron chi connectivity index (χ2n) is 4.32. The molecule has 0 saturated heterocycles. The predicted molar refractivity (Wildman–Crippen MR) is 82.7 cm³/mol. The molecule has 1 unspecified atom stereocenters. The number of hydrogen-bond acceptors (Lipinski definition) is 1. The van der Waals surface area contributed by atoms with Crippen molar-refractivity contribution >= 4 is 38.9 Å². The zero-order valence-corrected chi connectivity index (χ0v) is 13.1. The van der Waals surface area contributed by atoms with E-state index in [0.29, 0.717) is 11.2 Å². The van der Waals surface area contributed by atoms with Crippen LogP contribution in [0.5, 0.6) is 0 Å². The third kappa shape index (κ3) is 4.28. The van der Waals surface area contributed by atoms with Crippen molar-refractivity contribution in [1.29, 1.82) is 0 Å². The summed E-state index contributed by atoms with van der Waals surface area (Å²) in [6, 6.07) is 4.56. The first-order valence-electron chi connectivity index (χ1n) is 5.78. The summed E-state index contributed by atoms with van der Waals surface area (Å²) < 4.78 is 1.10. The quantitative estimate of drug-likeness (QED) is 0.819. The first-order chi connectivity index (χ1) is 7.93. The lowest BCUT2D eigenvalue weighted by Crippen LogP contribution is -2.35. The summed E-state index contributed by atoms with van der Waals surface area (Å²) in [5.74, 6) is 0. The largest absolute Gasteiger partial charge is 0.360 e. The Labute approximate surface area is 117 Å². The highest BCUT2D eigenvalue weighted by Crippen LogP contribution is 2.24. The van der Waals surface area contributed by atoms with Crippen LogP contribution in [0.25, 0.3) is 0 Å². The average molecular weight is 315 g/mol. The van der Waals surface area contributed by atoms with Gasteiger partial charge in [0.15, 0.2) is 5.11 Å². The number of hydrogen-bond donors (Lipinski definition) is 2. The summed E-state index contributed by atoms with van der Waals surface area (Å²) in [5.41, 5.74) is 3.46. The smallest absolute Gasteiger partial charge is 0.170 e. The monoisotopic (exact) mass is 314 g/mol. The molecule has 0 aliphatic heterocycles. The van der Waals surface area contributed by atoms with Crippen molar-refractivity contribution in [3.63, 3.8) is 0 Å². The second kappa shape index (κ2) is 6.36. The van der Waals surface area contributed by atoms with Crippen LogP contribution >= 0.6 is 28.1 Å². The van der Waals surface area contributed by atoms with Gasteiger partial charge in [0, 0.05) is 16.2 Å². The average Bonchev–Trinajstić information content (AvgIpc) is 2.23. The summed E-state index contributed by atoms with van der Waals surface area (Å²) in [6.45, 7) is 8.41. The Morgan fingerprint density at radius 1 is 1.35 bits per heavy atom. The van der Waals surface area contributed by atoms with Gasteiger partial charge in [-0.05, 0) is 62.7 Å². The van der Waals surface area contributed by atoms with Crippen molar-refractivity contribution in [2.24, 2.45) is 0 Å². The van der Waals surface area contributed by atoms with Gasteiger partial charge in [-0.15, -0.1) is 0 Å². The van der Waals surface area contributed by atoms with Gasteiger partial charge < -0.3 is 10.6 Å². The van der Waals surface area contributed by atoms with E-state index in [2.05, 4.69) is 66.4 Å². The van der Waals surface area contributed by atoms with E-state index in [-0.39, 0.29) is 0 Å². The van der Waals surface area contributed by atoms with E-state index in [9.17, 15) is 0 Å². The van der Waals surface area contributed by atoms with Gasteiger partial charge in [0.05, 0.1) is 0 Å². The van der Waals surface area contributed by atoms with Crippen LogP contribution in [0.4, 0.5) is 5.69 Å². The number of nitrogens with one attached hydrogen (secondary N) is 2. The molecular formula is C13H19BrN2S. The first kappa shape index (κ1) is 14.5. The first-order valence-corrected chi connectivity index (χ1v) is 6.98. The number of halogens is 1. The molecule has 1 rings (SSSR count). The van der Waals surface area contributed by atoms with Gasteiger partial charge in [0.2, 0.25) is 0 Å². The molecule has 2 nitrogen and oxygen atoms in total. The highest BCUT2D eigenvalue weighted by molar-refractivity contribution is 9.10. The number of benzene rings is 1. The molecule has 4 heteroatoms. The molecule has 94 valence electrons. The molecule has 0 aromatic heterocycles. The Morgan fingerprint density at radius 3 is 2.35 bits per heavy atom. The number of rotatable bonds is 3. The molecule has 0 saturated carbocycles. The molecule has 0 spiro atoms. The topological polar surface area (TPSA) is 24.1 Å². The van der Waals surface area contributed by atoms with Crippen molar-refractivity contribution in [2.75, 3.05) is 5.32 Å². The van der Waals surface area contributed by atoms with Gasteiger partial charge in [-0.3, -0.25) is 0 Å². The maximum Gasteiger partial charge on any atom is 0.170 e. The Bertz CT molecular complexity index is 395. The SMILES string of the molecule is CCC(C)NC(=S)Nc1c(C)cc(Br)cc1C. The van der Waals surface area contributed by atoms with Crippen LogP contribution in [0.15, 0.2) is 16.6 Å². The molecule has 0 aliphatic carbocycles. The maximum atomic E-state index is 5.30. The zero-order valence-electron chi connectivity index (χ0n) is 10.7. The van der Waals surface area contributed by atoms with Gasteiger partial charge in [-0.1, -0.05) is 22.9 Å². The van der Waals surface area contributed by atoms with Crippen LogP contribution in [0, 0.1) is 13.8 Å². The molecule has 17 heavy (non-hydrogen) atoms. The Kier molecular flexibility index (Phi) is 5.40. The van der Waals surface area contributed by atoms with Crippen LogP contribution in [0.1, 0.15) is 31.4 Å². The van der Waals surface area contributed by atoms with Gasteiger partial charge in [-0.25, -0.2) is 0 Å². The molecule has 1 aromatic carbocycles. The number of thiocarbonyl (C=S) groups is 1. The molecule has 0 radical (unpaired) electrons. The van der Waals surface area contributed by atoms with Crippen LogP contribution in [0.2, 0.25) is 0 Å². The van der Waals surface area contributed by atoms with E-state index in [0.717, 1.165) is 16.6 Å². The molecule has 1 atom stereocenters. The van der Waals surface area contributed by atoms with Crippen molar-refractivity contribution < 1.29 is 0 Å². The van der Waals surface area contributed by atoms with E-state index >= 15 is 0 Å². The van der Waals surface area contributed by atoms with Gasteiger partial charge in [-0.2, -0.15) is 0 Å². The standard InChI is InChI=1S/C13H19BrN2S/c1-5-10(4)15-13(17)16-12-8(2)6-11(14)7-9(12)3/h6-7,10H,5H2,1-4H3,(H2,15,16,17). The van der Waals surface area contributed by atoms with Crippen LogP contribution < -0.4 is 10.6 Å². The fourth-order valence-electron chi connectivity index (χ4n) is 1.58. The van der Waals surface area contributed by atoms with Crippen molar-refractivity contribution in [1.82, 2.24) is 5.32 Å². The van der Waals surface area contributed by atoms with Crippen molar-refractivity contribution in [3.05, 3.63) is 27.7 Å². The summed E-state index contributed by atoms with van der Waals surface area (Å²) in [5, 5.41) is 7.21. The highest BCUT2D eigenvalue weighted by atomic mass is 79.9. The third-order valence-electron chi connectivity index (χ3n) is 2.73. The van der Waals surface area contributed by atoms with Crippen LogP contribution in [-0.4, -0.2) is 11.2 Å². The molecule has 0 heterocycles. The molecule has 0 fully saturated rings. The fraction of sp³-hybridized carbons (Fsp3) is 0.462. The van der Waals surface area contributed by atoms with Gasteiger partial charge in [0.1, 0.15) is 0 Å². The molecular weight excluding hydrogens is 296 g/mol. The predicted octanol–water partition coefficient (Wildman–Crippen LogP) is 4.15. The molecule has 1 aromatic rings. The van der Waals surface area contributed by atoms with Crippen LogP contribution in [-0.2, 0) is 0 Å². The summed E-state index contributed by atoms with van der Waals surface area (Å²) in [4.78, 5) is 0. The Balaban J connectivity index is 2.78. The lowest BCUT2D eigenvalue weighted by molar-refractivity contribution is 0.646. The molecule has 0 bridgehead atoms. The maximum absolute atomic E-state index is 5.30. The minimum Gasteiger partial charge on any atom is -0.360 e.